The third-order valence-electron chi connectivity index (χ3n) is 10.5. The Labute approximate surface area is 327 Å². The maximum Gasteiger partial charge on any atom is 0.407 e. The first-order chi connectivity index (χ1) is 27.0. The first-order valence-corrected chi connectivity index (χ1v) is 19.1. The highest BCUT2D eigenvalue weighted by atomic mass is 16.5. The third kappa shape index (κ3) is 9.04. The van der Waals surface area contributed by atoms with Crippen LogP contribution in [0.2, 0.25) is 0 Å². The number of methoxy groups -OCH3 is 2. The molecular weight excluding hydrogens is 715 g/mol. The molecule has 0 radical (unpaired) electrons. The largest absolute Gasteiger partial charge is 0.453 e. The van der Waals surface area contributed by atoms with Crippen LogP contribution in [0, 0.1) is 23.7 Å². The van der Waals surface area contributed by atoms with Crippen LogP contribution in [0.25, 0.3) is 22.5 Å². The Morgan fingerprint density at radius 1 is 0.768 bits per heavy atom. The number of H-pyrrole nitrogens is 2. The van der Waals surface area contributed by atoms with Crippen molar-refractivity contribution in [2.75, 3.05) is 27.3 Å². The van der Waals surface area contributed by atoms with E-state index in [0.29, 0.717) is 24.6 Å². The van der Waals surface area contributed by atoms with Gasteiger partial charge in [-0.05, 0) is 73.3 Å². The summed E-state index contributed by atoms with van der Waals surface area (Å²) < 4.78 is 9.52. The van der Waals surface area contributed by atoms with Gasteiger partial charge in [-0.2, -0.15) is 0 Å². The molecule has 5 unspecified atom stereocenters. The van der Waals surface area contributed by atoms with Gasteiger partial charge in [-0.1, -0.05) is 45.7 Å². The number of ether oxygens (including phenoxy) is 2. The van der Waals surface area contributed by atoms with Gasteiger partial charge < -0.3 is 40.1 Å². The number of alkyl carbamates (subject to hydrolysis) is 2. The number of nitrogens with one attached hydrogen (secondary N) is 4. The van der Waals surface area contributed by atoms with Crippen molar-refractivity contribution in [3.8, 4) is 34.4 Å². The van der Waals surface area contributed by atoms with Crippen LogP contribution < -0.4 is 10.6 Å². The molecule has 0 aliphatic carbocycles. The Bertz CT molecular complexity index is 2030. The third-order valence-corrected chi connectivity index (χ3v) is 10.5. The summed E-state index contributed by atoms with van der Waals surface area (Å²) in [5.41, 5.74) is 4.88. The minimum absolute atomic E-state index is 0.0152. The number of aliphatic hydroxyl groups is 1. The zero-order valence-electron chi connectivity index (χ0n) is 32.7. The van der Waals surface area contributed by atoms with Gasteiger partial charge in [0.1, 0.15) is 29.6 Å². The number of pyridine rings is 1. The summed E-state index contributed by atoms with van der Waals surface area (Å²) in [6, 6.07) is 10.1. The molecular formula is C41H51N9O6. The summed E-state index contributed by atoms with van der Waals surface area (Å²) in [4.78, 5) is 61.8. The summed E-state index contributed by atoms with van der Waals surface area (Å²) in [6.07, 6.45) is 6.53. The van der Waals surface area contributed by atoms with Crippen LogP contribution in [-0.4, -0.2) is 104 Å². The molecule has 5 N–H and O–H groups in total. The predicted octanol–water partition coefficient (Wildman–Crippen LogP) is 5.14. The highest BCUT2D eigenvalue weighted by Gasteiger charge is 2.39. The predicted molar refractivity (Wildman–Crippen MR) is 209 cm³/mol. The van der Waals surface area contributed by atoms with E-state index in [2.05, 4.69) is 47.4 Å². The number of aromatic nitrogens is 5. The van der Waals surface area contributed by atoms with Crippen molar-refractivity contribution in [2.45, 2.75) is 83.8 Å². The van der Waals surface area contributed by atoms with Crippen LogP contribution in [0.1, 0.15) is 88.4 Å². The normalized spacial score (nSPS) is 18.6. The van der Waals surface area contributed by atoms with Gasteiger partial charge in [0.05, 0.1) is 56.1 Å². The van der Waals surface area contributed by atoms with E-state index in [1.165, 1.54) is 14.2 Å². The average Bonchev–Trinajstić information content (AvgIpc) is 4.04. The van der Waals surface area contributed by atoms with Gasteiger partial charge in [0.25, 0.3) is 0 Å². The van der Waals surface area contributed by atoms with E-state index in [-0.39, 0.29) is 29.8 Å². The molecule has 15 nitrogen and oxygen atoms in total. The Balaban J connectivity index is 1.07. The molecule has 56 heavy (non-hydrogen) atoms. The first-order valence-electron chi connectivity index (χ1n) is 19.1. The monoisotopic (exact) mass is 765 g/mol. The average molecular weight is 766 g/mol. The lowest BCUT2D eigenvalue weighted by Gasteiger charge is -2.35. The number of benzene rings is 1. The number of carbonyl (C=O) groups excluding carboxylic acids is 3. The molecule has 3 amide bonds. The number of aliphatic hydroxyl groups excluding tert-OH is 1. The second kappa shape index (κ2) is 17.8. The minimum Gasteiger partial charge on any atom is -0.453 e. The topological polar surface area (TPSA) is 191 Å². The zero-order chi connectivity index (χ0) is 39.9. The fourth-order valence-electron chi connectivity index (χ4n) is 7.38. The fraction of sp³-hybridized carbons (Fsp3) is 0.463. The van der Waals surface area contributed by atoms with E-state index in [0.717, 1.165) is 59.6 Å². The fourth-order valence-corrected chi connectivity index (χ4v) is 7.38. The molecule has 6 rings (SSSR count). The van der Waals surface area contributed by atoms with Crippen LogP contribution in [0.5, 0.6) is 0 Å². The van der Waals surface area contributed by atoms with Gasteiger partial charge in [-0.15, -0.1) is 0 Å². The minimum atomic E-state index is -0.904. The molecule has 15 heteroatoms. The SMILES string of the molecule is COC(=O)NC(C(=O)N1CCCC1c1ncc(-c2ccc(C#Cc3ccc(-c4cnc(C5CCCN5C(O)C(NC(=O)OC)C(C)C)[nH]4)cn3)cc2)[nH]1)C(C)C. The lowest BCUT2D eigenvalue weighted by atomic mass is 10.0. The first kappa shape index (κ1) is 40.0. The quantitative estimate of drug-likeness (QED) is 0.128. The van der Waals surface area contributed by atoms with Crippen LogP contribution in [0.3, 0.4) is 0 Å². The van der Waals surface area contributed by atoms with Gasteiger partial charge in [0.15, 0.2) is 0 Å². The number of likely N-dealkylation sites (tertiary alicyclic amines) is 2. The molecule has 4 aromatic rings. The Morgan fingerprint density at radius 2 is 1.38 bits per heavy atom. The van der Waals surface area contributed by atoms with Gasteiger partial charge in [0.2, 0.25) is 5.91 Å². The van der Waals surface area contributed by atoms with E-state index < -0.39 is 30.5 Å². The van der Waals surface area contributed by atoms with Crippen LogP contribution >= 0.6 is 0 Å². The highest BCUT2D eigenvalue weighted by molar-refractivity contribution is 5.86. The van der Waals surface area contributed by atoms with E-state index >= 15 is 0 Å². The van der Waals surface area contributed by atoms with Crippen molar-refractivity contribution in [1.82, 2.24) is 45.4 Å². The molecule has 1 aromatic carbocycles. The van der Waals surface area contributed by atoms with Crippen molar-refractivity contribution in [3.05, 3.63) is 77.9 Å². The second-order valence-electron chi connectivity index (χ2n) is 14.9. The molecule has 2 fully saturated rings. The number of carbonyl (C=O) groups is 3. The number of aromatic amines is 2. The van der Waals surface area contributed by atoms with Crippen LogP contribution in [-0.2, 0) is 14.3 Å². The smallest absolute Gasteiger partial charge is 0.407 e. The number of imidazole rings is 2. The van der Waals surface area contributed by atoms with E-state index in [1.54, 1.807) is 23.5 Å². The van der Waals surface area contributed by atoms with Crippen molar-refractivity contribution in [2.24, 2.45) is 11.8 Å². The molecule has 3 aromatic heterocycles. The lowest BCUT2D eigenvalue weighted by molar-refractivity contribution is -0.135. The molecule has 296 valence electrons. The van der Waals surface area contributed by atoms with Crippen molar-refractivity contribution >= 4 is 18.1 Å². The molecule has 2 saturated heterocycles. The second-order valence-corrected chi connectivity index (χ2v) is 14.9. The summed E-state index contributed by atoms with van der Waals surface area (Å²) >= 11 is 0. The molecule has 5 atom stereocenters. The summed E-state index contributed by atoms with van der Waals surface area (Å²) in [7, 11) is 2.59. The zero-order valence-corrected chi connectivity index (χ0v) is 32.7. The Kier molecular flexibility index (Phi) is 12.7. The van der Waals surface area contributed by atoms with Crippen LogP contribution in [0.15, 0.2) is 55.0 Å². The van der Waals surface area contributed by atoms with E-state index in [4.69, 9.17) is 9.47 Å². The van der Waals surface area contributed by atoms with Gasteiger partial charge in [-0.25, -0.2) is 24.5 Å². The number of hydrogen-bond acceptors (Lipinski definition) is 10. The van der Waals surface area contributed by atoms with E-state index in [1.807, 2.05) is 69.0 Å². The maximum atomic E-state index is 13.5. The van der Waals surface area contributed by atoms with Crippen LogP contribution in [0.4, 0.5) is 9.59 Å². The van der Waals surface area contributed by atoms with Gasteiger partial charge in [0, 0.05) is 30.4 Å². The van der Waals surface area contributed by atoms with Crippen molar-refractivity contribution in [3.63, 3.8) is 0 Å². The van der Waals surface area contributed by atoms with Crippen molar-refractivity contribution in [1.29, 1.82) is 0 Å². The number of rotatable bonds is 11. The molecule has 2 aliphatic heterocycles. The molecule has 2 aliphatic rings. The number of hydrogen-bond donors (Lipinski definition) is 5. The van der Waals surface area contributed by atoms with E-state index in [9.17, 15) is 19.5 Å². The number of amides is 3. The Hall–Kier alpha value is -5.72. The van der Waals surface area contributed by atoms with Gasteiger partial charge in [-0.3, -0.25) is 9.69 Å². The summed E-state index contributed by atoms with van der Waals surface area (Å²) in [5, 5.41) is 16.7. The standard InChI is InChI=1S/C41H51N9O6/c1-24(2)34(47-40(53)55-5)38(51)49-19-7-9-32(49)36-43-22-30(45-36)27-14-11-26(12-15-27)13-17-29-18-16-28(21-42-29)31-23-44-37(46-31)33-10-8-20-50(33)39(52)35(25(3)4)48-41(54)56-6/h11-12,14-16,18,21-25,32-35,39,52H,7-10,19-20H2,1-6H3,(H,43,45)(H,44,46)(H,47,53)(H,48,54). The number of nitrogens with zero attached hydrogens (tertiary/aromatic N) is 5. The molecule has 0 spiro atoms. The summed E-state index contributed by atoms with van der Waals surface area (Å²) in [5.74, 6) is 7.51. The van der Waals surface area contributed by atoms with Crippen molar-refractivity contribution < 1.29 is 29.0 Å². The van der Waals surface area contributed by atoms with Gasteiger partial charge >= 0.3 is 12.2 Å². The Morgan fingerprint density at radius 3 is 2.00 bits per heavy atom. The lowest BCUT2D eigenvalue weighted by Crippen LogP contribution is -2.54. The molecule has 5 heterocycles. The summed E-state index contributed by atoms with van der Waals surface area (Å²) in [6.45, 7) is 8.95. The maximum absolute atomic E-state index is 13.5. The highest BCUT2D eigenvalue weighted by Crippen LogP contribution is 2.35. The molecule has 0 saturated carbocycles. The molecule has 0 bridgehead atoms.